The van der Waals surface area contributed by atoms with Crippen molar-refractivity contribution in [3.63, 3.8) is 0 Å². The molecule has 11 heteroatoms. The molecular formula is C20H24F3N5O2S. The van der Waals surface area contributed by atoms with Crippen molar-refractivity contribution in [2.24, 2.45) is 0 Å². The van der Waals surface area contributed by atoms with Gasteiger partial charge in [-0.3, -0.25) is 4.79 Å². The standard InChI is InChI=1S/C20H24F3N5O2S/c1-2-17(29)28-9-14(10-28)30-16-7-15(24-12-3-5-20(22,23)6-4-12)26-18(27-16)19-25-13(8-21)11-31-19/h7,11-12,14H,2-6,8-10H2,1H3,(H,24,26,27). The number of nitrogens with zero attached hydrogens (tertiary/aromatic N) is 4. The maximum Gasteiger partial charge on any atom is 0.248 e. The van der Waals surface area contributed by atoms with Crippen molar-refractivity contribution in [1.82, 2.24) is 19.9 Å². The lowest BCUT2D eigenvalue weighted by atomic mass is 9.92. The third-order valence-corrected chi connectivity index (χ3v) is 6.33. The topological polar surface area (TPSA) is 80.2 Å². The van der Waals surface area contributed by atoms with E-state index in [9.17, 15) is 18.0 Å². The molecule has 2 aromatic heterocycles. The quantitative estimate of drug-likeness (QED) is 0.678. The van der Waals surface area contributed by atoms with E-state index in [0.717, 1.165) is 0 Å². The second kappa shape index (κ2) is 8.97. The van der Waals surface area contributed by atoms with Gasteiger partial charge in [0.1, 0.15) is 18.6 Å². The van der Waals surface area contributed by atoms with Crippen molar-refractivity contribution >= 4 is 23.1 Å². The van der Waals surface area contributed by atoms with Crippen LogP contribution in [0.4, 0.5) is 19.0 Å². The van der Waals surface area contributed by atoms with E-state index in [0.29, 0.717) is 54.8 Å². The number of rotatable bonds is 7. The Morgan fingerprint density at radius 1 is 1.29 bits per heavy atom. The first kappa shape index (κ1) is 21.8. The van der Waals surface area contributed by atoms with Gasteiger partial charge in [-0.2, -0.15) is 4.98 Å². The molecule has 168 valence electrons. The lowest BCUT2D eigenvalue weighted by Gasteiger charge is -2.38. The summed E-state index contributed by atoms with van der Waals surface area (Å²) in [5.41, 5.74) is 0.298. The van der Waals surface area contributed by atoms with Crippen molar-refractivity contribution in [2.45, 2.75) is 63.8 Å². The van der Waals surface area contributed by atoms with Crippen molar-refractivity contribution in [2.75, 3.05) is 18.4 Å². The van der Waals surface area contributed by atoms with Crippen LogP contribution in [0.5, 0.6) is 5.88 Å². The number of aromatic nitrogens is 3. The number of anilines is 1. The molecule has 3 heterocycles. The minimum atomic E-state index is -2.61. The molecule has 2 fully saturated rings. The number of amides is 1. The highest BCUT2D eigenvalue weighted by atomic mass is 32.1. The summed E-state index contributed by atoms with van der Waals surface area (Å²) in [6.45, 7) is 2.09. The largest absolute Gasteiger partial charge is 0.470 e. The molecule has 0 spiro atoms. The molecule has 0 radical (unpaired) electrons. The average Bonchev–Trinajstić information content (AvgIpc) is 3.21. The molecule has 2 aliphatic rings. The first-order valence-electron chi connectivity index (χ1n) is 10.3. The van der Waals surface area contributed by atoms with Crippen LogP contribution in [0.2, 0.25) is 0 Å². The van der Waals surface area contributed by atoms with Gasteiger partial charge >= 0.3 is 0 Å². The lowest BCUT2D eigenvalue weighted by molar-refractivity contribution is -0.139. The number of halogens is 3. The average molecular weight is 456 g/mol. The second-order valence-electron chi connectivity index (χ2n) is 7.86. The molecule has 1 saturated heterocycles. The van der Waals surface area contributed by atoms with Gasteiger partial charge in [-0.25, -0.2) is 23.1 Å². The lowest BCUT2D eigenvalue weighted by Crippen LogP contribution is -2.56. The van der Waals surface area contributed by atoms with Crippen molar-refractivity contribution in [3.05, 3.63) is 17.1 Å². The SMILES string of the molecule is CCC(=O)N1CC(Oc2cc(NC3CCC(F)(F)CC3)nc(-c3nc(CF)cs3)n2)C1. The van der Waals surface area contributed by atoms with Crippen LogP contribution >= 0.6 is 11.3 Å². The van der Waals surface area contributed by atoms with Crippen molar-refractivity contribution in [3.8, 4) is 16.7 Å². The van der Waals surface area contributed by atoms with Gasteiger partial charge in [-0.15, -0.1) is 11.3 Å². The predicted molar refractivity (Wildman–Crippen MR) is 110 cm³/mol. The Morgan fingerprint density at radius 3 is 2.68 bits per heavy atom. The van der Waals surface area contributed by atoms with Gasteiger partial charge in [-0.05, 0) is 12.8 Å². The van der Waals surface area contributed by atoms with E-state index in [2.05, 4.69) is 20.3 Å². The molecule has 0 unspecified atom stereocenters. The molecule has 0 bridgehead atoms. The Kier molecular flexibility index (Phi) is 6.31. The first-order chi connectivity index (χ1) is 14.8. The number of ether oxygens (including phenoxy) is 1. The number of likely N-dealkylation sites (tertiary alicyclic amines) is 1. The Labute approximate surface area is 182 Å². The molecule has 1 aliphatic heterocycles. The fraction of sp³-hybridized carbons (Fsp3) is 0.600. The van der Waals surface area contributed by atoms with E-state index in [4.69, 9.17) is 4.74 Å². The van der Waals surface area contributed by atoms with Crippen molar-refractivity contribution in [1.29, 1.82) is 0 Å². The van der Waals surface area contributed by atoms with E-state index in [1.165, 1.54) is 11.3 Å². The van der Waals surface area contributed by atoms with Crippen LogP contribution in [0.1, 0.15) is 44.7 Å². The minimum Gasteiger partial charge on any atom is -0.470 e. The summed E-state index contributed by atoms with van der Waals surface area (Å²) in [5, 5.41) is 5.26. The molecule has 1 amide bonds. The zero-order valence-electron chi connectivity index (χ0n) is 17.1. The van der Waals surface area contributed by atoms with Crippen LogP contribution in [0.25, 0.3) is 10.8 Å². The van der Waals surface area contributed by atoms with Gasteiger partial charge in [0.15, 0.2) is 10.8 Å². The summed E-state index contributed by atoms with van der Waals surface area (Å²) in [4.78, 5) is 26.5. The molecule has 4 rings (SSSR count). The van der Waals surface area contributed by atoms with Gasteiger partial charge in [0.05, 0.1) is 18.8 Å². The summed E-state index contributed by atoms with van der Waals surface area (Å²) < 4.78 is 45.8. The normalized spacial score (nSPS) is 19.2. The molecule has 1 N–H and O–H groups in total. The van der Waals surface area contributed by atoms with E-state index in [1.54, 1.807) is 16.3 Å². The van der Waals surface area contributed by atoms with Gasteiger partial charge in [0.25, 0.3) is 0 Å². The Balaban J connectivity index is 1.50. The summed E-state index contributed by atoms with van der Waals surface area (Å²) in [6, 6.07) is 1.50. The molecule has 1 saturated carbocycles. The third-order valence-electron chi connectivity index (χ3n) is 5.44. The molecule has 7 nitrogen and oxygen atoms in total. The number of carbonyl (C=O) groups excluding carboxylic acids is 1. The zero-order valence-corrected chi connectivity index (χ0v) is 17.9. The summed E-state index contributed by atoms with van der Waals surface area (Å²) in [7, 11) is 0. The third kappa shape index (κ3) is 5.25. The van der Waals surface area contributed by atoms with Crippen molar-refractivity contribution < 1.29 is 22.7 Å². The van der Waals surface area contributed by atoms with Crippen LogP contribution in [0.15, 0.2) is 11.4 Å². The second-order valence-corrected chi connectivity index (χ2v) is 8.72. The van der Waals surface area contributed by atoms with Gasteiger partial charge < -0.3 is 15.0 Å². The maximum atomic E-state index is 13.5. The van der Waals surface area contributed by atoms with E-state index < -0.39 is 12.6 Å². The van der Waals surface area contributed by atoms with Gasteiger partial charge in [0, 0.05) is 36.8 Å². The number of thiazole rings is 1. The summed E-state index contributed by atoms with van der Waals surface area (Å²) >= 11 is 1.22. The maximum absolute atomic E-state index is 13.5. The minimum absolute atomic E-state index is 0.0706. The van der Waals surface area contributed by atoms with E-state index in [-0.39, 0.29) is 36.7 Å². The highest BCUT2D eigenvalue weighted by molar-refractivity contribution is 7.13. The molecular weight excluding hydrogens is 431 g/mol. The zero-order chi connectivity index (χ0) is 22.0. The number of hydrogen-bond acceptors (Lipinski definition) is 7. The number of carbonyl (C=O) groups is 1. The number of hydrogen-bond donors (Lipinski definition) is 1. The van der Waals surface area contributed by atoms with Crippen LogP contribution in [0, 0.1) is 0 Å². The Bertz CT molecular complexity index is 925. The van der Waals surface area contributed by atoms with Gasteiger partial charge in [-0.1, -0.05) is 6.92 Å². The predicted octanol–water partition coefficient (Wildman–Crippen LogP) is 4.06. The fourth-order valence-electron chi connectivity index (χ4n) is 3.63. The number of alkyl halides is 3. The molecule has 31 heavy (non-hydrogen) atoms. The highest BCUT2D eigenvalue weighted by Crippen LogP contribution is 2.35. The Hall–Kier alpha value is -2.43. The highest BCUT2D eigenvalue weighted by Gasteiger charge is 2.35. The van der Waals surface area contributed by atoms with Crippen LogP contribution in [0.3, 0.4) is 0 Å². The van der Waals surface area contributed by atoms with E-state index >= 15 is 0 Å². The smallest absolute Gasteiger partial charge is 0.248 e. The number of nitrogens with one attached hydrogen (secondary N) is 1. The molecule has 1 aliphatic carbocycles. The summed E-state index contributed by atoms with van der Waals surface area (Å²) in [6.07, 6.45) is 0.603. The molecule has 0 atom stereocenters. The fourth-order valence-corrected chi connectivity index (χ4v) is 4.36. The Morgan fingerprint density at radius 2 is 2.03 bits per heavy atom. The van der Waals surface area contributed by atoms with Crippen LogP contribution in [-0.2, 0) is 11.5 Å². The van der Waals surface area contributed by atoms with Crippen LogP contribution in [-0.4, -0.2) is 56.9 Å². The van der Waals surface area contributed by atoms with Gasteiger partial charge in [0.2, 0.25) is 17.7 Å². The van der Waals surface area contributed by atoms with E-state index in [1.807, 2.05) is 6.92 Å². The monoisotopic (exact) mass is 455 g/mol. The van der Waals surface area contributed by atoms with Crippen LogP contribution < -0.4 is 10.1 Å². The molecule has 0 aromatic carbocycles. The summed E-state index contributed by atoms with van der Waals surface area (Å²) in [5.74, 6) is -1.50. The first-order valence-corrected chi connectivity index (χ1v) is 11.2. The molecule has 2 aromatic rings.